The van der Waals surface area contributed by atoms with Crippen molar-refractivity contribution in [2.24, 2.45) is 17.8 Å². The third kappa shape index (κ3) is 4.31. The molecule has 2 N–H and O–H groups in total. The number of fused-ring (bicyclic) bond motifs is 5. The number of aliphatic hydroxyl groups is 1. The fraction of sp³-hybridized carbons (Fsp3) is 0.640. The van der Waals surface area contributed by atoms with Crippen LogP contribution >= 0.6 is 0 Å². The number of aliphatic hydroxyl groups excluding tert-OH is 1. The summed E-state index contributed by atoms with van der Waals surface area (Å²) in [6.45, 7) is 0.284. The smallest absolute Gasteiger partial charge is 0.393 e. The summed E-state index contributed by atoms with van der Waals surface area (Å²) in [5.41, 5.74) is 1.45. The lowest BCUT2D eigenvalue weighted by Crippen LogP contribution is -2.37. The van der Waals surface area contributed by atoms with Crippen molar-refractivity contribution in [1.29, 1.82) is 0 Å². The largest absolute Gasteiger partial charge is 0.416 e. The van der Waals surface area contributed by atoms with Gasteiger partial charge in [-0.25, -0.2) is 8.78 Å². The summed E-state index contributed by atoms with van der Waals surface area (Å²) in [5.74, 6) is -4.44. The van der Waals surface area contributed by atoms with Crippen molar-refractivity contribution < 1.29 is 31.9 Å². The van der Waals surface area contributed by atoms with Crippen molar-refractivity contribution in [2.75, 3.05) is 6.54 Å². The molecule has 0 radical (unpaired) electrons. The molecular formula is C25H28F5NO2. The summed E-state index contributed by atoms with van der Waals surface area (Å²) in [7, 11) is 0. The molecule has 0 spiro atoms. The van der Waals surface area contributed by atoms with Crippen LogP contribution in [0.15, 0.2) is 23.8 Å². The van der Waals surface area contributed by atoms with Crippen molar-refractivity contribution in [1.82, 2.24) is 5.32 Å². The van der Waals surface area contributed by atoms with Gasteiger partial charge in [-0.05, 0) is 91.5 Å². The van der Waals surface area contributed by atoms with Crippen LogP contribution < -0.4 is 5.32 Å². The monoisotopic (exact) mass is 469 g/mol. The minimum Gasteiger partial charge on any atom is -0.393 e. The number of hydrogen-bond donors (Lipinski definition) is 2. The first-order valence-electron chi connectivity index (χ1n) is 11.8. The van der Waals surface area contributed by atoms with Crippen LogP contribution in [0.4, 0.5) is 22.0 Å². The summed E-state index contributed by atoms with van der Waals surface area (Å²) in [5, 5.41) is 12.5. The molecule has 4 aliphatic rings. The number of amides is 1. The van der Waals surface area contributed by atoms with Crippen LogP contribution in [-0.2, 0) is 11.0 Å². The number of allylic oxidation sites excluding steroid dienone is 1. The van der Waals surface area contributed by atoms with Gasteiger partial charge in [0.1, 0.15) is 0 Å². The van der Waals surface area contributed by atoms with Crippen molar-refractivity contribution in [3.8, 4) is 0 Å². The number of benzene rings is 1. The van der Waals surface area contributed by atoms with Crippen molar-refractivity contribution in [3.63, 3.8) is 0 Å². The van der Waals surface area contributed by atoms with Crippen molar-refractivity contribution >= 4 is 11.5 Å². The number of alkyl halides is 5. The van der Waals surface area contributed by atoms with E-state index in [-0.39, 0.29) is 50.0 Å². The van der Waals surface area contributed by atoms with Gasteiger partial charge in [0.25, 0.3) is 5.92 Å². The van der Waals surface area contributed by atoms with Crippen LogP contribution in [0, 0.1) is 17.8 Å². The number of carbonyl (C=O) groups excluding carboxylic acids is 1. The lowest BCUT2D eigenvalue weighted by atomic mass is 9.75. The fourth-order valence-corrected chi connectivity index (χ4v) is 6.17. The molecule has 1 aromatic rings. The molecule has 0 saturated heterocycles. The predicted octanol–water partition coefficient (Wildman–Crippen LogP) is 5.68. The van der Waals surface area contributed by atoms with E-state index in [0.29, 0.717) is 42.4 Å². The van der Waals surface area contributed by atoms with E-state index in [2.05, 4.69) is 5.32 Å². The molecule has 5 rings (SSSR count). The maximum Gasteiger partial charge on any atom is 0.416 e. The minimum absolute atomic E-state index is 0.0276. The zero-order valence-electron chi connectivity index (χ0n) is 18.2. The van der Waals surface area contributed by atoms with Gasteiger partial charge < -0.3 is 10.4 Å². The van der Waals surface area contributed by atoms with Crippen LogP contribution in [-0.4, -0.2) is 29.6 Å². The Kier molecular flexibility index (Phi) is 5.58. The summed E-state index contributed by atoms with van der Waals surface area (Å²) in [4.78, 5) is 12.8. The van der Waals surface area contributed by atoms with E-state index in [4.69, 9.17) is 0 Å². The Hall–Kier alpha value is -1.96. The van der Waals surface area contributed by atoms with Gasteiger partial charge in [-0.15, -0.1) is 0 Å². The highest BCUT2D eigenvalue weighted by atomic mass is 19.4. The van der Waals surface area contributed by atoms with E-state index in [0.717, 1.165) is 17.7 Å². The third-order valence-electron chi connectivity index (χ3n) is 8.02. The molecule has 2 fully saturated rings. The first-order chi connectivity index (χ1) is 15.5. The van der Waals surface area contributed by atoms with Gasteiger partial charge in [-0.2, -0.15) is 13.2 Å². The highest BCUT2D eigenvalue weighted by molar-refractivity contribution is 6.04. The second kappa shape index (κ2) is 8.07. The molecule has 8 heteroatoms. The molecule has 0 bridgehead atoms. The predicted molar refractivity (Wildman–Crippen MR) is 112 cm³/mol. The molecule has 3 nitrogen and oxygen atoms in total. The topological polar surface area (TPSA) is 49.3 Å². The molecule has 3 aliphatic carbocycles. The zero-order chi connectivity index (χ0) is 23.5. The first kappa shape index (κ1) is 22.8. The first-order valence-corrected chi connectivity index (χ1v) is 11.8. The summed E-state index contributed by atoms with van der Waals surface area (Å²) < 4.78 is 70.7. The highest BCUT2D eigenvalue weighted by Gasteiger charge is 2.51. The Morgan fingerprint density at radius 3 is 2.42 bits per heavy atom. The lowest BCUT2D eigenvalue weighted by Gasteiger charge is -2.35. The molecular weight excluding hydrogens is 441 g/mol. The van der Waals surface area contributed by atoms with E-state index in [1.165, 1.54) is 6.07 Å². The summed E-state index contributed by atoms with van der Waals surface area (Å²) >= 11 is 0. The van der Waals surface area contributed by atoms with Gasteiger partial charge in [0.05, 0.1) is 11.7 Å². The normalized spacial score (nSPS) is 32.2. The molecule has 3 atom stereocenters. The summed E-state index contributed by atoms with van der Waals surface area (Å²) in [6.07, 6.45) is -2.87. The Morgan fingerprint density at radius 2 is 1.73 bits per heavy atom. The molecule has 1 heterocycles. The molecule has 33 heavy (non-hydrogen) atoms. The standard InChI is InChI=1S/C25H28F5NO2/c26-24(27,14-1-4-16(32)5-2-14)12-13-7-8-31-23(33)22-20(9-13)18-10-15(25(28,29)30)3-6-17(18)19-11-21(19)22/h3,6,10,13-14,16,19,21,32H,1-2,4-5,7-9,11-12H2,(H,31,33). The summed E-state index contributed by atoms with van der Waals surface area (Å²) in [6, 6.07) is 3.68. The number of halogens is 5. The number of rotatable bonds is 3. The maximum atomic E-state index is 15.2. The molecule has 1 aromatic carbocycles. The quantitative estimate of drug-likeness (QED) is 0.560. The number of nitrogens with one attached hydrogen (secondary N) is 1. The average molecular weight is 469 g/mol. The highest BCUT2D eigenvalue weighted by Crippen LogP contribution is 2.60. The molecule has 1 aliphatic heterocycles. The second-order valence-electron chi connectivity index (χ2n) is 10.2. The SMILES string of the molecule is O=C1NCCC(CC(F)(F)C2CCC(O)CC2)CC2=C1C1CC1c1ccc(C(F)(F)F)cc12. The van der Waals surface area contributed by atoms with Gasteiger partial charge >= 0.3 is 6.18 Å². The van der Waals surface area contributed by atoms with E-state index >= 15 is 8.78 Å². The minimum atomic E-state index is -4.52. The van der Waals surface area contributed by atoms with E-state index < -0.39 is 35.6 Å². The van der Waals surface area contributed by atoms with Gasteiger partial charge in [-0.3, -0.25) is 4.79 Å². The molecule has 1 amide bonds. The van der Waals surface area contributed by atoms with E-state index in [1.807, 2.05) is 0 Å². The maximum absolute atomic E-state index is 15.2. The van der Waals surface area contributed by atoms with Gasteiger partial charge in [-0.1, -0.05) is 6.07 Å². The average Bonchev–Trinajstić information content (AvgIpc) is 3.52. The molecule has 3 unspecified atom stereocenters. The van der Waals surface area contributed by atoms with Crippen LogP contribution in [0.5, 0.6) is 0 Å². The fourth-order valence-electron chi connectivity index (χ4n) is 6.17. The zero-order valence-corrected chi connectivity index (χ0v) is 18.2. The van der Waals surface area contributed by atoms with Crippen LogP contribution in [0.2, 0.25) is 0 Å². The van der Waals surface area contributed by atoms with Gasteiger partial charge in [0, 0.05) is 24.5 Å². The van der Waals surface area contributed by atoms with Crippen molar-refractivity contribution in [2.45, 2.75) is 75.5 Å². The van der Waals surface area contributed by atoms with E-state index in [1.54, 1.807) is 0 Å². The van der Waals surface area contributed by atoms with Crippen molar-refractivity contribution in [3.05, 3.63) is 40.5 Å². The molecule has 180 valence electrons. The van der Waals surface area contributed by atoms with Crippen LogP contribution in [0.25, 0.3) is 5.57 Å². The van der Waals surface area contributed by atoms with E-state index in [9.17, 15) is 23.1 Å². The Morgan fingerprint density at radius 1 is 1.00 bits per heavy atom. The Balaban J connectivity index is 1.47. The van der Waals surface area contributed by atoms with Gasteiger partial charge in [0.2, 0.25) is 5.91 Å². The molecule has 2 saturated carbocycles. The third-order valence-corrected chi connectivity index (χ3v) is 8.02. The second-order valence-corrected chi connectivity index (χ2v) is 10.2. The van der Waals surface area contributed by atoms with Crippen LogP contribution in [0.3, 0.4) is 0 Å². The lowest BCUT2D eigenvalue weighted by molar-refractivity contribution is -0.137. The number of hydrogen-bond acceptors (Lipinski definition) is 2. The van der Waals surface area contributed by atoms with Gasteiger partial charge in [0.15, 0.2) is 0 Å². The molecule has 0 aromatic heterocycles. The Labute approximate surface area is 189 Å². The Bertz CT molecular complexity index is 977. The van der Waals surface area contributed by atoms with Crippen LogP contribution in [0.1, 0.15) is 74.0 Å². The number of carbonyl (C=O) groups is 1.